The molecule has 2 heteroatoms. The first kappa shape index (κ1) is 11.7. The second kappa shape index (κ2) is 6.18. The molecule has 1 fully saturated rings. The minimum Gasteiger partial charge on any atom is -0.307 e. The molecule has 0 aromatic heterocycles. The summed E-state index contributed by atoms with van der Waals surface area (Å²) in [7, 11) is 0. The molecule has 82 valence electrons. The highest BCUT2D eigenvalue weighted by Gasteiger charge is 2.25. The van der Waals surface area contributed by atoms with Gasteiger partial charge in [0.25, 0.3) is 0 Å². The van der Waals surface area contributed by atoms with Crippen LogP contribution in [-0.2, 0) is 4.79 Å². The predicted molar refractivity (Wildman–Crippen MR) is 59.3 cm³/mol. The third-order valence-electron chi connectivity index (χ3n) is 3.13. The Morgan fingerprint density at radius 3 is 2.86 bits per heavy atom. The average Bonchev–Trinajstić information content (AvgIpc) is 2.69. The van der Waals surface area contributed by atoms with E-state index < -0.39 is 0 Å². The van der Waals surface area contributed by atoms with Gasteiger partial charge in [0.05, 0.1) is 6.04 Å². The number of carbonyl (C=O) groups excluding carboxylic acids is 1. The molecule has 0 amide bonds. The third-order valence-corrected chi connectivity index (χ3v) is 3.13. The van der Waals surface area contributed by atoms with Gasteiger partial charge in [-0.25, -0.2) is 0 Å². The van der Waals surface area contributed by atoms with Crippen LogP contribution in [0, 0.1) is 5.92 Å². The number of rotatable bonds is 6. The molecule has 2 nitrogen and oxygen atoms in total. The van der Waals surface area contributed by atoms with Crippen molar-refractivity contribution in [2.45, 2.75) is 58.4 Å². The van der Waals surface area contributed by atoms with Crippen LogP contribution < -0.4 is 5.32 Å². The molecular weight excluding hydrogens is 174 g/mol. The van der Waals surface area contributed by atoms with E-state index in [1.807, 2.05) is 0 Å². The molecular formula is C12H23NO. The lowest BCUT2D eigenvalue weighted by Gasteiger charge is -2.15. The molecule has 0 saturated carbocycles. The molecule has 14 heavy (non-hydrogen) atoms. The fourth-order valence-electron chi connectivity index (χ4n) is 2.11. The Morgan fingerprint density at radius 1 is 1.50 bits per heavy atom. The van der Waals surface area contributed by atoms with Crippen molar-refractivity contribution in [2.24, 2.45) is 5.92 Å². The van der Waals surface area contributed by atoms with Crippen LogP contribution in [0.1, 0.15) is 52.4 Å². The molecule has 1 rings (SSSR count). The van der Waals surface area contributed by atoms with Gasteiger partial charge in [-0.15, -0.1) is 0 Å². The minimum atomic E-state index is 0.173. The minimum absolute atomic E-state index is 0.173. The van der Waals surface area contributed by atoms with Gasteiger partial charge < -0.3 is 5.32 Å². The molecule has 2 unspecified atom stereocenters. The Kier molecular flexibility index (Phi) is 5.16. The van der Waals surface area contributed by atoms with E-state index in [0.717, 1.165) is 25.8 Å². The molecule has 1 heterocycles. The quantitative estimate of drug-likeness (QED) is 0.663. The predicted octanol–water partition coefficient (Wildman–Crippen LogP) is 2.52. The van der Waals surface area contributed by atoms with Crippen LogP contribution in [0.2, 0.25) is 0 Å². The number of Topliss-reactive ketones (excluding diaryl/α,β-unsaturated/α-hetero) is 1. The largest absolute Gasteiger partial charge is 0.307 e. The lowest BCUT2D eigenvalue weighted by atomic mass is 9.93. The maximum atomic E-state index is 11.9. The molecule has 1 aliphatic heterocycles. The highest BCUT2D eigenvalue weighted by molar-refractivity contribution is 5.86. The van der Waals surface area contributed by atoms with Crippen molar-refractivity contribution >= 4 is 5.78 Å². The van der Waals surface area contributed by atoms with Crippen molar-refractivity contribution < 1.29 is 4.79 Å². The molecule has 1 saturated heterocycles. The van der Waals surface area contributed by atoms with Crippen molar-refractivity contribution in [1.82, 2.24) is 5.32 Å². The van der Waals surface area contributed by atoms with E-state index in [1.165, 1.54) is 19.3 Å². The van der Waals surface area contributed by atoms with Crippen LogP contribution in [-0.4, -0.2) is 18.4 Å². The summed E-state index contributed by atoms with van der Waals surface area (Å²) in [5, 5.41) is 3.28. The molecule has 0 spiro atoms. The zero-order valence-corrected chi connectivity index (χ0v) is 9.51. The maximum absolute atomic E-state index is 11.9. The number of ketones is 1. The maximum Gasteiger partial charge on any atom is 0.152 e. The molecule has 1 N–H and O–H groups in total. The fourth-order valence-corrected chi connectivity index (χ4v) is 2.11. The number of carbonyl (C=O) groups is 1. The lowest BCUT2D eigenvalue weighted by molar-refractivity contribution is -0.124. The van der Waals surface area contributed by atoms with Gasteiger partial charge in [-0.3, -0.25) is 4.79 Å². The highest BCUT2D eigenvalue weighted by atomic mass is 16.1. The van der Waals surface area contributed by atoms with Gasteiger partial charge >= 0.3 is 0 Å². The summed E-state index contributed by atoms with van der Waals surface area (Å²) in [6.45, 7) is 5.31. The van der Waals surface area contributed by atoms with E-state index in [1.54, 1.807) is 0 Å². The standard InChI is InChI=1S/C12H23NO/c1-3-4-5-7-10(2)12(14)11-8-6-9-13-11/h10-11,13H,3-9H2,1-2H3. The third kappa shape index (κ3) is 3.41. The topological polar surface area (TPSA) is 29.1 Å². The van der Waals surface area contributed by atoms with Crippen LogP contribution >= 0.6 is 0 Å². The monoisotopic (exact) mass is 197 g/mol. The Hall–Kier alpha value is -0.370. The van der Waals surface area contributed by atoms with Crippen LogP contribution in [0.25, 0.3) is 0 Å². The lowest BCUT2D eigenvalue weighted by Crippen LogP contribution is -2.34. The summed E-state index contributed by atoms with van der Waals surface area (Å²) in [6.07, 6.45) is 6.99. The summed E-state index contributed by atoms with van der Waals surface area (Å²) >= 11 is 0. The van der Waals surface area contributed by atoms with Gasteiger partial charge in [-0.2, -0.15) is 0 Å². The van der Waals surface area contributed by atoms with Crippen molar-refractivity contribution in [1.29, 1.82) is 0 Å². The number of nitrogens with one attached hydrogen (secondary N) is 1. The Morgan fingerprint density at radius 2 is 2.29 bits per heavy atom. The van der Waals surface area contributed by atoms with Crippen LogP contribution in [0.4, 0.5) is 0 Å². The van der Waals surface area contributed by atoms with Gasteiger partial charge in [0.1, 0.15) is 0 Å². The van der Waals surface area contributed by atoms with E-state index in [-0.39, 0.29) is 12.0 Å². The Labute approximate surface area is 87.5 Å². The van der Waals surface area contributed by atoms with Crippen LogP contribution in [0.15, 0.2) is 0 Å². The molecule has 0 aliphatic carbocycles. The smallest absolute Gasteiger partial charge is 0.152 e. The van der Waals surface area contributed by atoms with E-state index in [2.05, 4.69) is 19.2 Å². The molecule has 0 radical (unpaired) electrons. The van der Waals surface area contributed by atoms with Crippen molar-refractivity contribution in [3.63, 3.8) is 0 Å². The molecule has 1 aliphatic rings. The second-order valence-electron chi connectivity index (χ2n) is 4.45. The van der Waals surface area contributed by atoms with E-state index >= 15 is 0 Å². The van der Waals surface area contributed by atoms with Crippen LogP contribution in [0.5, 0.6) is 0 Å². The number of hydrogen-bond donors (Lipinski definition) is 1. The van der Waals surface area contributed by atoms with Gasteiger partial charge in [0.15, 0.2) is 5.78 Å². The molecule has 0 bridgehead atoms. The highest BCUT2D eigenvalue weighted by Crippen LogP contribution is 2.16. The second-order valence-corrected chi connectivity index (χ2v) is 4.45. The SMILES string of the molecule is CCCCCC(C)C(=O)C1CCCN1. The van der Waals surface area contributed by atoms with Gasteiger partial charge in [-0.1, -0.05) is 33.1 Å². The van der Waals surface area contributed by atoms with E-state index in [9.17, 15) is 4.79 Å². The molecule has 0 aromatic rings. The fraction of sp³-hybridized carbons (Fsp3) is 0.917. The normalized spacial score (nSPS) is 23.7. The summed E-state index contributed by atoms with van der Waals surface area (Å²) < 4.78 is 0. The van der Waals surface area contributed by atoms with Gasteiger partial charge in [-0.05, 0) is 25.8 Å². The van der Waals surface area contributed by atoms with Crippen molar-refractivity contribution in [2.75, 3.05) is 6.54 Å². The Balaban J connectivity index is 2.21. The number of hydrogen-bond acceptors (Lipinski definition) is 2. The van der Waals surface area contributed by atoms with E-state index in [4.69, 9.17) is 0 Å². The Bertz CT molecular complexity index is 173. The summed E-state index contributed by atoms with van der Waals surface area (Å²) in [6, 6.07) is 0.173. The molecule has 0 aromatic carbocycles. The van der Waals surface area contributed by atoms with E-state index in [0.29, 0.717) is 5.78 Å². The first-order valence-electron chi connectivity index (χ1n) is 6.02. The zero-order chi connectivity index (χ0) is 10.4. The number of unbranched alkanes of at least 4 members (excludes halogenated alkanes) is 2. The van der Waals surface area contributed by atoms with Gasteiger partial charge in [0.2, 0.25) is 0 Å². The first-order chi connectivity index (χ1) is 6.75. The zero-order valence-electron chi connectivity index (χ0n) is 9.51. The van der Waals surface area contributed by atoms with Crippen molar-refractivity contribution in [3.05, 3.63) is 0 Å². The summed E-state index contributed by atoms with van der Waals surface area (Å²) in [4.78, 5) is 11.9. The summed E-state index contributed by atoms with van der Waals surface area (Å²) in [5.41, 5.74) is 0. The van der Waals surface area contributed by atoms with Crippen molar-refractivity contribution in [3.8, 4) is 0 Å². The molecule has 2 atom stereocenters. The summed E-state index contributed by atoms with van der Waals surface area (Å²) in [5.74, 6) is 0.704. The van der Waals surface area contributed by atoms with Gasteiger partial charge in [0, 0.05) is 5.92 Å². The average molecular weight is 197 g/mol. The van der Waals surface area contributed by atoms with Crippen LogP contribution in [0.3, 0.4) is 0 Å². The first-order valence-corrected chi connectivity index (χ1v) is 6.02.